The van der Waals surface area contributed by atoms with Gasteiger partial charge in [-0.25, -0.2) is 4.98 Å². The molecule has 0 amide bonds. The van der Waals surface area contributed by atoms with Crippen LogP contribution in [0, 0.1) is 0 Å². The molecule has 2 aromatic heterocycles. The maximum absolute atomic E-state index is 4.42. The van der Waals surface area contributed by atoms with Crippen molar-refractivity contribution in [3.05, 3.63) is 36.2 Å². The van der Waals surface area contributed by atoms with E-state index in [9.17, 15) is 0 Å². The van der Waals surface area contributed by atoms with Crippen LogP contribution in [-0.2, 0) is 6.54 Å². The van der Waals surface area contributed by atoms with Gasteiger partial charge in [0.15, 0.2) is 0 Å². The SMILES string of the molecule is CCNC(c1cn[nH]c1)c1nccn1CC. The summed E-state index contributed by atoms with van der Waals surface area (Å²) in [4.78, 5) is 4.42. The third-order valence-corrected chi connectivity index (χ3v) is 2.61. The average molecular weight is 219 g/mol. The van der Waals surface area contributed by atoms with E-state index in [2.05, 4.69) is 38.9 Å². The first kappa shape index (κ1) is 10.9. The summed E-state index contributed by atoms with van der Waals surface area (Å²) in [5, 5.41) is 10.2. The molecular weight excluding hydrogens is 202 g/mol. The Morgan fingerprint density at radius 1 is 1.50 bits per heavy atom. The van der Waals surface area contributed by atoms with Crippen molar-refractivity contribution in [2.45, 2.75) is 26.4 Å². The standard InChI is InChI=1S/C11H17N5/c1-3-12-10(9-7-14-15-8-9)11-13-5-6-16(11)4-2/h5-8,10,12H,3-4H2,1-2H3,(H,14,15). The van der Waals surface area contributed by atoms with Crippen molar-refractivity contribution >= 4 is 0 Å². The van der Waals surface area contributed by atoms with Crippen molar-refractivity contribution in [3.8, 4) is 0 Å². The number of hydrogen-bond donors (Lipinski definition) is 2. The highest BCUT2D eigenvalue weighted by molar-refractivity contribution is 5.19. The first-order valence-corrected chi connectivity index (χ1v) is 5.59. The smallest absolute Gasteiger partial charge is 0.130 e. The minimum atomic E-state index is 0.110. The Kier molecular flexibility index (Phi) is 3.36. The molecule has 2 heterocycles. The first-order chi connectivity index (χ1) is 7.86. The van der Waals surface area contributed by atoms with E-state index in [4.69, 9.17) is 0 Å². The molecule has 86 valence electrons. The zero-order valence-corrected chi connectivity index (χ0v) is 9.64. The highest BCUT2D eigenvalue weighted by atomic mass is 15.1. The Balaban J connectivity index is 2.33. The Morgan fingerprint density at radius 2 is 2.38 bits per heavy atom. The Bertz CT molecular complexity index is 417. The lowest BCUT2D eigenvalue weighted by Crippen LogP contribution is -2.24. The number of nitrogens with zero attached hydrogens (tertiary/aromatic N) is 3. The number of H-pyrrole nitrogens is 1. The normalized spacial score (nSPS) is 12.9. The number of hydrogen-bond acceptors (Lipinski definition) is 3. The second-order valence-electron chi connectivity index (χ2n) is 3.59. The molecule has 0 radical (unpaired) electrons. The lowest BCUT2D eigenvalue weighted by Gasteiger charge is -2.16. The van der Waals surface area contributed by atoms with Gasteiger partial charge < -0.3 is 9.88 Å². The average Bonchev–Trinajstić information content (AvgIpc) is 2.96. The first-order valence-electron chi connectivity index (χ1n) is 5.59. The fraction of sp³-hybridized carbons (Fsp3) is 0.455. The van der Waals surface area contributed by atoms with Crippen molar-refractivity contribution in [1.29, 1.82) is 0 Å². The third kappa shape index (κ3) is 1.99. The van der Waals surface area contributed by atoms with Crippen LogP contribution in [0.15, 0.2) is 24.8 Å². The molecule has 16 heavy (non-hydrogen) atoms. The zero-order chi connectivity index (χ0) is 11.4. The number of rotatable bonds is 5. The topological polar surface area (TPSA) is 58.5 Å². The van der Waals surface area contributed by atoms with Crippen LogP contribution in [0.25, 0.3) is 0 Å². The van der Waals surface area contributed by atoms with Crippen molar-refractivity contribution in [1.82, 2.24) is 25.1 Å². The number of aromatic nitrogens is 4. The van der Waals surface area contributed by atoms with Gasteiger partial charge in [0.2, 0.25) is 0 Å². The fourth-order valence-electron chi connectivity index (χ4n) is 1.83. The Hall–Kier alpha value is -1.62. The molecule has 0 aromatic carbocycles. The summed E-state index contributed by atoms with van der Waals surface area (Å²) in [6.45, 7) is 6.03. The lowest BCUT2D eigenvalue weighted by molar-refractivity contribution is 0.559. The van der Waals surface area contributed by atoms with E-state index in [-0.39, 0.29) is 6.04 Å². The van der Waals surface area contributed by atoms with Crippen LogP contribution in [0.2, 0.25) is 0 Å². The van der Waals surface area contributed by atoms with Crippen LogP contribution in [0.5, 0.6) is 0 Å². The third-order valence-electron chi connectivity index (χ3n) is 2.61. The molecule has 2 rings (SSSR count). The van der Waals surface area contributed by atoms with Gasteiger partial charge in [-0.2, -0.15) is 5.10 Å². The van der Waals surface area contributed by atoms with Crippen molar-refractivity contribution in [2.75, 3.05) is 6.54 Å². The quantitative estimate of drug-likeness (QED) is 0.797. The fourth-order valence-corrected chi connectivity index (χ4v) is 1.83. The van der Waals surface area contributed by atoms with E-state index in [0.29, 0.717) is 0 Å². The minimum absolute atomic E-state index is 0.110. The molecule has 5 heteroatoms. The molecular formula is C11H17N5. The van der Waals surface area contributed by atoms with Crippen LogP contribution >= 0.6 is 0 Å². The summed E-state index contributed by atoms with van der Waals surface area (Å²) in [6.07, 6.45) is 7.58. The van der Waals surface area contributed by atoms with Gasteiger partial charge in [0, 0.05) is 30.7 Å². The summed E-state index contributed by atoms with van der Waals surface area (Å²) >= 11 is 0. The number of nitrogens with one attached hydrogen (secondary N) is 2. The van der Waals surface area contributed by atoms with Crippen LogP contribution in [0.1, 0.15) is 31.3 Å². The molecule has 5 nitrogen and oxygen atoms in total. The number of aryl methyl sites for hydroxylation is 1. The Morgan fingerprint density at radius 3 is 3.00 bits per heavy atom. The minimum Gasteiger partial charge on any atom is -0.334 e. The van der Waals surface area contributed by atoms with Gasteiger partial charge >= 0.3 is 0 Å². The summed E-state index contributed by atoms with van der Waals surface area (Å²) in [5.74, 6) is 1.03. The monoisotopic (exact) mass is 219 g/mol. The van der Waals surface area contributed by atoms with Crippen molar-refractivity contribution in [2.24, 2.45) is 0 Å². The molecule has 1 unspecified atom stereocenters. The predicted molar refractivity (Wildman–Crippen MR) is 62.0 cm³/mol. The van der Waals surface area contributed by atoms with E-state index in [0.717, 1.165) is 24.5 Å². The van der Waals surface area contributed by atoms with Gasteiger partial charge in [-0.1, -0.05) is 6.92 Å². The number of imidazole rings is 1. The van der Waals surface area contributed by atoms with Gasteiger partial charge in [0.25, 0.3) is 0 Å². The van der Waals surface area contributed by atoms with Crippen LogP contribution in [-0.4, -0.2) is 26.3 Å². The summed E-state index contributed by atoms with van der Waals surface area (Å²) < 4.78 is 2.14. The molecule has 0 spiro atoms. The van der Waals surface area contributed by atoms with Gasteiger partial charge in [0.1, 0.15) is 5.82 Å². The second-order valence-corrected chi connectivity index (χ2v) is 3.59. The molecule has 0 aliphatic carbocycles. The van der Waals surface area contributed by atoms with E-state index in [1.807, 2.05) is 24.8 Å². The van der Waals surface area contributed by atoms with Crippen LogP contribution < -0.4 is 5.32 Å². The summed E-state index contributed by atoms with van der Waals surface area (Å²) in [7, 11) is 0. The second kappa shape index (κ2) is 4.94. The highest BCUT2D eigenvalue weighted by Crippen LogP contribution is 2.19. The summed E-state index contributed by atoms with van der Waals surface area (Å²) in [6, 6.07) is 0.110. The zero-order valence-electron chi connectivity index (χ0n) is 9.64. The predicted octanol–water partition coefficient (Wildman–Crippen LogP) is 1.32. The molecule has 0 saturated heterocycles. The molecule has 0 fully saturated rings. The molecule has 2 aromatic rings. The molecule has 0 bridgehead atoms. The van der Waals surface area contributed by atoms with Gasteiger partial charge in [-0.05, 0) is 13.5 Å². The Labute approximate surface area is 94.9 Å². The maximum Gasteiger partial charge on any atom is 0.130 e. The molecule has 2 N–H and O–H groups in total. The molecule has 0 aliphatic heterocycles. The summed E-state index contributed by atoms with van der Waals surface area (Å²) in [5.41, 5.74) is 1.11. The number of aromatic amines is 1. The van der Waals surface area contributed by atoms with E-state index in [1.165, 1.54) is 0 Å². The molecule has 1 atom stereocenters. The van der Waals surface area contributed by atoms with Crippen molar-refractivity contribution in [3.63, 3.8) is 0 Å². The van der Waals surface area contributed by atoms with Crippen LogP contribution in [0.4, 0.5) is 0 Å². The van der Waals surface area contributed by atoms with Gasteiger partial charge in [-0.15, -0.1) is 0 Å². The van der Waals surface area contributed by atoms with E-state index in [1.54, 1.807) is 0 Å². The van der Waals surface area contributed by atoms with Crippen molar-refractivity contribution < 1.29 is 0 Å². The lowest BCUT2D eigenvalue weighted by atomic mass is 10.1. The van der Waals surface area contributed by atoms with Gasteiger partial charge in [-0.3, -0.25) is 5.10 Å². The maximum atomic E-state index is 4.42. The van der Waals surface area contributed by atoms with E-state index < -0.39 is 0 Å². The molecule has 0 aliphatic rings. The van der Waals surface area contributed by atoms with Crippen LogP contribution in [0.3, 0.4) is 0 Å². The largest absolute Gasteiger partial charge is 0.334 e. The highest BCUT2D eigenvalue weighted by Gasteiger charge is 2.18. The van der Waals surface area contributed by atoms with Gasteiger partial charge in [0.05, 0.1) is 12.2 Å². The molecule has 0 saturated carbocycles. The van der Waals surface area contributed by atoms with E-state index >= 15 is 0 Å².